The van der Waals surface area contributed by atoms with Gasteiger partial charge in [0.15, 0.2) is 0 Å². The first-order valence-corrected chi connectivity index (χ1v) is 7.37. The first-order chi connectivity index (χ1) is 9.15. The van der Waals surface area contributed by atoms with E-state index in [4.69, 9.17) is 11.6 Å². The molecule has 0 saturated carbocycles. The van der Waals surface area contributed by atoms with E-state index in [1.807, 2.05) is 0 Å². The topological polar surface area (TPSA) is 15.3 Å². The van der Waals surface area contributed by atoms with Crippen LogP contribution in [0.3, 0.4) is 0 Å². The van der Waals surface area contributed by atoms with E-state index in [0.29, 0.717) is 16.5 Å². The lowest BCUT2D eigenvalue weighted by Crippen LogP contribution is -2.41. The van der Waals surface area contributed by atoms with E-state index >= 15 is 0 Å². The third-order valence-electron chi connectivity index (χ3n) is 3.96. The number of benzene rings is 1. The van der Waals surface area contributed by atoms with Gasteiger partial charge in [-0.1, -0.05) is 24.6 Å². The summed E-state index contributed by atoms with van der Waals surface area (Å²) in [5.74, 6) is 0.223. The number of rotatable bonds is 4. The van der Waals surface area contributed by atoms with Gasteiger partial charge in [-0.3, -0.25) is 4.90 Å². The molecule has 1 fully saturated rings. The lowest BCUT2D eigenvalue weighted by molar-refractivity contribution is 0.117. The summed E-state index contributed by atoms with van der Waals surface area (Å²) in [6.45, 7) is 4.95. The van der Waals surface area contributed by atoms with Gasteiger partial charge in [-0.25, -0.2) is 4.39 Å². The second-order valence-corrected chi connectivity index (χ2v) is 5.68. The summed E-state index contributed by atoms with van der Waals surface area (Å²) in [6, 6.07) is 5.03. The smallest absolute Gasteiger partial charge is 0.129 e. The predicted octanol–water partition coefficient (Wildman–Crippen LogP) is 3.47. The van der Waals surface area contributed by atoms with Crippen LogP contribution in [0, 0.1) is 11.7 Å². The van der Waals surface area contributed by atoms with Gasteiger partial charge in [0.05, 0.1) is 0 Å². The Balaban J connectivity index is 2.30. The van der Waals surface area contributed by atoms with Crippen molar-refractivity contribution in [2.24, 2.45) is 5.92 Å². The zero-order valence-corrected chi connectivity index (χ0v) is 12.4. The quantitative estimate of drug-likeness (QED) is 0.911. The van der Waals surface area contributed by atoms with Crippen LogP contribution in [0.25, 0.3) is 0 Å². The third-order valence-corrected chi connectivity index (χ3v) is 4.29. The van der Waals surface area contributed by atoms with Crippen molar-refractivity contribution in [3.8, 4) is 0 Å². The fraction of sp³-hybridized carbons (Fsp3) is 0.600. The van der Waals surface area contributed by atoms with Gasteiger partial charge in [0.1, 0.15) is 5.82 Å². The van der Waals surface area contributed by atoms with Crippen molar-refractivity contribution in [3.05, 3.63) is 34.6 Å². The molecule has 2 atom stereocenters. The van der Waals surface area contributed by atoms with Crippen molar-refractivity contribution in [1.82, 2.24) is 10.2 Å². The van der Waals surface area contributed by atoms with Gasteiger partial charge in [-0.05, 0) is 57.6 Å². The van der Waals surface area contributed by atoms with E-state index in [9.17, 15) is 4.39 Å². The van der Waals surface area contributed by atoms with E-state index in [2.05, 4.69) is 24.2 Å². The Labute approximate surface area is 119 Å². The van der Waals surface area contributed by atoms with Crippen molar-refractivity contribution in [1.29, 1.82) is 0 Å². The van der Waals surface area contributed by atoms with Gasteiger partial charge in [0, 0.05) is 16.6 Å². The van der Waals surface area contributed by atoms with Gasteiger partial charge in [-0.2, -0.15) is 0 Å². The van der Waals surface area contributed by atoms with Crippen LogP contribution in [0.15, 0.2) is 18.2 Å². The van der Waals surface area contributed by atoms with Crippen molar-refractivity contribution >= 4 is 11.6 Å². The average molecular weight is 285 g/mol. The first-order valence-electron chi connectivity index (χ1n) is 7.00. The van der Waals surface area contributed by atoms with E-state index in [1.54, 1.807) is 12.1 Å². The van der Waals surface area contributed by atoms with Gasteiger partial charge >= 0.3 is 0 Å². The summed E-state index contributed by atoms with van der Waals surface area (Å²) in [7, 11) is 2.06. The molecule has 1 saturated heterocycles. The normalized spacial score (nSPS) is 24.6. The molecule has 0 amide bonds. The van der Waals surface area contributed by atoms with Gasteiger partial charge < -0.3 is 5.32 Å². The summed E-state index contributed by atoms with van der Waals surface area (Å²) in [4.78, 5) is 2.23. The maximum Gasteiger partial charge on any atom is 0.129 e. The molecule has 0 aliphatic carbocycles. The Morgan fingerprint density at radius 3 is 2.95 bits per heavy atom. The van der Waals surface area contributed by atoms with Crippen LogP contribution in [0.2, 0.25) is 5.02 Å². The molecule has 2 unspecified atom stereocenters. The number of nitrogens with one attached hydrogen (secondary N) is 1. The van der Waals surface area contributed by atoms with Gasteiger partial charge in [0.25, 0.3) is 0 Å². The molecule has 1 N–H and O–H groups in total. The zero-order valence-electron chi connectivity index (χ0n) is 11.6. The fourth-order valence-electron chi connectivity index (χ4n) is 3.05. The van der Waals surface area contributed by atoms with Gasteiger partial charge in [-0.15, -0.1) is 0 Å². The number of nitrogens with zero attached hydrogens (tertiary/aromatic N) is 1. The van der Waals surface area contributed by atoms with Crippen LogP contribution in [-0.4, -0.2) is 31.6 Å². The number of hydrogen-bond donors (Lipinski definition) is 1. The summed E-state index contributed by atoms with van der Waals surface area (Å²) in [5.41, 5.74) is 0.661. The number of hydrogen-bond acceptors (Lipinski definition) is 2. The molecule has 1 aliphatic rings. The molecule has 106 valence electrons. The van der Waals surface area contributed by atoms with Crippen LogP contribution in [0.4, 0.5) is 4.39 Å². The van der Waals surface area contributed by atoms with Crippen molar-refractivity contribution in [2.45, 2.75) is 25.8 Å². The van der Waals surface area contributed by atoms with Crippen molar-refractivity contribution in [2.75, 3.05) is 26.7 Å². The van der Waals surface area contributed by atoms with Gasteiger partial charge in [0.2, 0.25) is 0 Å². The molecular formula is C15H22ClFN2. The molecule has 1 aliphatic heterocycles. The predicted molar refractivity (Wildman–Crippen MR) is 78.0 cm³/mol. The summed E-state index contributed by atoms with van der Waals surface area (Å²) >= 11 is 6.24. The molecular weight excluding hydrogens is 263 g/mol. The maximum absolute atomic E-state index is 14.2. The SMILES string of the molecule is CCNCC1CCCN(C)C1c1c(F)cccc1Cl. The Hall–Kier alpha value is -0.640. The molecule has 1 aromatic carbocycles. The first kappa shape index (κ1) is 14.8. The molecule has 2 rings (SSSR count). The summed E-state index contributed by atoms with van der Waals surface area (Å²) < 4.78 is 14.2. The standard InChI is InChI=1S/C15H22ClFN2/c1-3-18-10-11-6-5-9-19(2)15(11)14-12(16)7-4-8-13(14)17/h4,7-8,11,15,18H,3,5-6,9-10H2,1-2H3. The Kier molecular flexibility index (Phi) is 5.20. The van der Waals surface area contributed by atoms with Crippen LogP contribution in [-0.2, 0) is 0 Å². The molecule has 0 radical (unpaired) electrons. The van der Waals surface area contributed by atoms with E-state index in [-0.39, 0.29) is 11.9 Å². The second kappa shape index (κ2) is 6.69. The average Bonchev–Trinajstić information content (AvgIpc) is 2.38. The van der Waals surface area contributed by atoms with Crippen molar-refractivity contribution in [3.63, 3.8) is 0 Å². The molecule has 0 bridgehead atoms. The number of piperidine rings is 1. The maximum atomic E-state index is 14.2. The van der Waals surface area contributed by atoms with E-state index in [0.717, 1.165) is 32.5 Å². The third kappa shape index (κ3) is 3.28. The van der Waals surface area contributed by atoms with Crippen LogP contribution >= 0.6 is 11.6 Å². The van der Waals surface area contributed by atoms with Crippen LogP contribution < -0.4 is 5.32 Å². The highest BCUT2D eigenvalue weighted by atomic mass is 35.5. The highest BCUT2D eigenvalue weighted by Gasteiger charge is 2.33. The molecule has 1 heterocycles. The lowest BCUT2D eigenvalue weighted by atomic mass is 9.84. The highest BCUT2D eigenvalue weighted by Crippen LogP contribution is 2.39. The van der Waals surface area contributed by atoms with E-state index < -0.39 is 0 Å². The Bertz CT molecular complexity index is 404. The fourth-order valence-corrected chi connectivity index (χ4v) is 3.33. The second-order valence-electron chi connectivity index (χ2n) is 5.27. The number of halogens is 2. The Morgan fingerprint density at radius 2 is 2.26 bits per heavy atom. The molecule has 1 aromatic rings. The monoisotopic (exact) mass is 284 g/mol. The number of likely N-dealkylation sites (tertiary alicyclic amines) is 1. The Morgan fingerprint density at radius 1 is 1.47 bits per heavy atom. The largest absolute Gasteiger partial charge is 0.317 e. The minimum Gasteiger partial charge on any atom is -0.317 e. The van der Waals surface area contributed by atoms with E-state index in [1.165, 1.54) is 6.07 Å². The minimum atomic E-state index is -0.187. The lowest BCUT2D eigenvalue weighted by Gasteiger charge is -2.40. The summed E-state index contributed by atoms with van der Waals surface area (Å²) in [6.07, 6.45) is 2.28. The van der Waals surface area contributed by atoms with Crippen LogP contribution in [0.5, 0.6) is 0 Å². The molecule has 2 nitrogen and oxygen atoms in total. The molecule has 19 heavy (non-hydrogen) atoms. The highest BCUT2D eigenvalue weighted by molar-refractivity contribution is 6.31. The zero-order chi connectivity index (χ0) is 13.8. The molecule has 4 heteroatoms. The minimum absolute atomic E-state index is 0.0708. The molecule has 0 aromatic heterocycles. The van der Waals surface area contributed by atoms with Crippen molar-refractivity contribution < 1.29 is 4.39 Å². The van der Waals surface area contributed by atoms with Crippen LogP contribution in [0.1, 0.15) is 31.4 Å². The summed E-state index contributed by atoms with van der Waals surface area (Å²) in [5, 5.41) is 3.93. The molecule has 0 spiro atoms.